The number of nitrogen functional groups attached to an aromatic ring is 1. The number of anilines is 1. The second kappa shape index (κ2) is 6.62. The second-order valence-corrected chi connectivity index (χ2v) is 5.48. The molecule has 2 rings (SSSR count). The van der Waals surface area contributed by atoms with Gasteiger partial charge in [0, 0.05) is 19.7 Å². The Hall–Kier alpha value is -0.480. The predicted octanol–water partition coefficient (Wildman–Crippen LogP) is 3.09. The fourth-order valence-corrected chi connectivity index (χ4v) is 2.18. The minimum atomic E-state index is 0.440. The van der Waals surface area contributed by atoms with Gasteiger partial charge in [-0.25, -0.2) is 0 Å². The molecule has 1 saturated carbocycles. The summed E-state index contributed by atoms with van der Waals surface area (Å²) in [6, 6.07) is 3.67. The van der Waals surface area contributed by atoms with Crippen molar-refractivity contribution in [1.82, 2.24) is 5.32 Å². The lowest BCUT2D eigenvalue weighted by Gasteiger charge is -2.08. The summed E-state index contributed by atoms with van der Waals surface area (Å²) >= 11 is 11.9. The third-order valence-electron chi connectivity index (χ3n) is 2.94. The summed E-state index contributed by atoms with van der Waals surface area (Å²) in [7, 11) is 0. The van der Waals surface area contributed by atoms with Crippen LogP contribution >= 0.6 is 23.2 Å². The van der Waals surface area contributed by atoms with E-state index in [0.717, 1.165) is 31.2 Å². The zero-order valence-electron chi connectivity index (χ0n) is 10.2. The molecule has 0 amide bonds. The van der Waals surface area contributed by atoms with Gasteiger partial charge in [0.05, 0.1) is 22.3 Å². The second-order valence-electron chi connectivity index (χ2n) is 4.67. The van der Waals surface area contributed by atoms with Crippen molar-refractivity contribution >= 4 is 28.9 Å². The SMILES string of the molecule is Nc1c(Cl)cc(CNCCOCC2CC2)cc1Cl. The zero-order valence-corrected chi connectivity index (χ0v) is 11.7. The molecule has 0 heterocycles. The molecule has 0 spiro atoms. The quantitative estimate of drug-likeness (QED) is 0.599. The van der Waals surface area contributed by atoms with Gasteiger partial charge in [-0.2, -0.15) is 0 Å². The Morgan fingerprint density at radius 1 is 1.28 bits per heavy atom. The number of nitrogens with one attached hydrogen (secondary N) is 1. The molecule has 100 valence electrons. The highest BCUT2D eigenvalue weighted by Crippen LogP contribution is 2.29. The Labute approximate surface area is 118 Å². The van der Waals surface area contributed by atoms with Gasteiger partial charge in [0.2, 0.25) is 0 Å². The highest BCUT2D eigenvalue weighted by Gasteiger charge is 2.20. The normalized spacial score (nSPS) is 15.0. The fraction of sp³-hybridized carbons (Fsp3) is 0.538. The summed E-state index contributed by atoms with van der Waals surface area (Å²) in [6.07, 6.45) is 2.66. The van der Waals surface area contributed by atoms with Gasteiger partial charge in [-0.1, -0.05) is 23.2 Å². The third-order valence-corrected chi connectivity index (χ3v) is 3.57. The van der Waals surface area contributed by atoms with Crippen LogP contribution in [-0.2, 0) is 11.3 Å². The van der Waals surface area contributed by atoms with Crippen molar-refractivity contribution in [2.45, 2.75) is 19.4 Å². The molecule has 1 fully saturated rings. The summed E-state index contributed by atoms with van der Waals surface area (Å²) in [6.45, 7) is 3.19. The van der Waals surface area contributed by atoms with Crippen LogP contribution in [0.15, 0.2) is 12.1 Å². The molecular weight excluding hydrogens is 271 g/mol. The lowest BCUT2D eigenvalue weighted by Crippen LogP contribution is -2.19. The summed E-state index contributed by atoms with van der Waals surface area (Å²) < 4.78 is 5.53. The smallest absolute Gasteiger partial charge is 0.0693 e. The molecule has 0 radical (unpaired) electrons. The Morgan fingerprint density at radius 3 is 2.56 bits per heavy atom. The van der Waals surface area contributed by atoms with Gasteiger partial charge >= 0.3 is 0 Å². The van der Waals surface area contributed by atoms with Crippen LogP contribution in [0.5, 0.6) is 0 Å². The topological polar surface area (TPSA) is 47.3 Å². The van der Waals surface area contributed by atoms with Crippen molar-refractivity contribution < 1.29 is 4.74 Å². The number of nitrogens with two attached hydrogens (primary N) is 1. The first-order valence-electron chi connectivity index (χ1n) is 6.18. The molecule has 1 aromatic carbocycles. The number of benzene rings is 1. The minimum Gasteiger partial charge on any atom is -0.396 e. The highest BCUT2D eigenvalue weighted by molar-refractivity contribution is 6.38. The van der Waals surface area contributed by atoms with Gasteiger partial charge in [-0.15, -0.1) is 0 Å². The number of halogens is 2. The van der Waals surface area contributed by atoms with Crippen LogP contribution in [-0.4, -0.2) is 19.8 Å². The molecule has 1 aliphatic carbocycles. The van der Waals surface area contributed by atoms with Gasteiger partial charge in [0.25, 0.3) is 0 Å². The highest BCUT2D eigenvalue weighted by atomic mass is 35.5. The number of rotatable bonds is 7. The van der Waals surface area contributed by atoms with Gasteiger partial charge in [-0.3, -0.25) is 0 Å². The molecular formula is C13H18Cl2N2O. The first-order valence-corrected chi connectivity index (χ1v) is 6.94. The molecule has 0 bridgehead atoms. The summed E-state index contributed by atoms with van der Waals surface area (Å²) in [5, 5.41) is 4.29. The largest absolute Gasteiger partial charge is 0.396 e. The van der Waals surface area contributed by atoms with Crippen molar-refractivity contribution in [3.8, 4) is 0 Å². The van der Waals surface area contributed by atoms with E-state index in [9.17, 15) is 0 Å². The van der Waals surface area contributed by atoms with E-state index < -0.39 is 0 Å². The van der Waals surface area contributed by atoms with Crippen LogP contribution in [0.25, 0.3) is 0 Å². The summed E-state index contributed by atoms with van der Waals surface area (Å²) in [5.41, 5.74) is 7.14. The van der Waals surface area contributed by atoms with Crippen molar-refractivity contribution in [3.63, 3.8) is 0 Å². The Balaban J connectivity index is 1.66. The van der Waals surface area contributed by atoms with Crippen LogP contribution in [0.2, 0.25) is 10.0 Å². The molecule has 0 aliphatic heterocycles. The number of hydrogen-bond donors (Lipinski definition) is 2. The van der Waals surface area contributed by atoms with E-state index in [1.165, 1.54) is 12.8 Å². The average Bonchev–Trinajstić information content (AvgIpc) is 3.14. The van der Waals surface area contributed by atoms with Crippen molar-refractivity contribution in [1.29, 1.82) is 0 Å². The molecule has 1 aromatic rings. The zero-order chi connectivity index (χ0) is 13.0. The molecule has 3 N–H and O–H groups in total. The molecule has 0 saturated heterocycles. The maximum absolute atomic E-state index is 5.96. The summed E-state index contributed by atoms with van der Waals surface area (Å²) in [5.74, 6) is 0.819. The number of hydrogen-bond acceptors (Lipinski definition) is 3. The molecule has 18 heavy (non-hydrogen) atoms. The predicted molar refractivity (Wildman–Crippen MR) is 76.1 cm³/mol. The van der Waals surface area contributed by atoms with Crippen LogP contribution in [0.1, 0.15) is 18.4 Å². The van der Waals surface area contributed by atoms with Gasteiger partial charge in [0.15, 0.2) is 0 Å². The molecule has 0 atom stereocenters. The average molecular weight is 289 g/mol. The van der Waals surface area contributed by atoms with Gasteiger partial charge < -0.3 is 15.8 Å². The van der Waals surface area contributed by atoms with E-state index >= 15 is 0 Å². The molecule has 0 unspecified atom stereocenters. The van der Waals surface area contributed by atoms with Crippen LogP contribution < -0.4 is 11.1 Å². The van der Waals surface area contributed by atoms with Crippen molar-refractivity contribution in [3.05, 3.63) is 27.7 Å². The first kappa shape index (κ1) is 13.9. The van der Waals surface area contributed by atoms with Crippen LogP contribution in [0.4, 0.5) is 5.69 Å². The van der Waals surface area contributed by atoms with E-state index in [1.807, 2.05) is 12.1 Å². The molecule has 5 heteroatoms. The van der Waals surface area contributed by atoms with E-state index in [-0.39, 0.29) is 0 Å². The molecule has 3 nitrogen and oxygen atoms in total. The molecule has 0 aromatic heterocycles. The van der Waals surface area contributed by atoms with Crippen LogP contribution in [0, 0.1) is 5.92 Å². The van der Waals surface area contributed by atoms with E-state index in [1.54, 1.807) is 0 Å². The van der Waals surface area contributed by atoms with E-state index in [2.05, 4.69) is 5.32 Å². The summed E-state index contributed by atoms with van der Waals surface area (Å²) in [4.78, 5) is 0. The standard InChI is InChI=1S/C13H18Cl2N2O/c14-11-5-10(6-12(15)13(11)16)7-17-3-4-18-8-9-1-2-9/h5-6,9,17H,1-4,7-8,16H2. The monoisotopic (exact) mass is 288 g/mol. The van der Waals surface area contributed by atoms with E-state index in [4.69, 9.17) is 33.7 Å². The third kappa shape index (κ3) is 4.32. The fourth-order valence-electron chi connectivity index (χ4n) is 1.65. The van der Waals surface area contributed by atoms with E-state index in [0.29, 0.717) is 22.3 Å². The lowest BCUT2D eigenvalue weighted by atomic mass is 10.2. The van der Waals surface area contributed by atoms with Crippen molar-refractivity contribution in [2.75, 3.05) is 25.5 Å². The Kier molecular flexibility index (Phi) is 5.13. The first-order chi connectivity index (χ1) is 8.66. The maximum Gasteiger partial charge on any atom is 0.0693 e. The molecule has 1 aliphatic rings. The van der Waals surface area contributed by atoms with Gasteiger partial charge in [-0.05, 0) is 36.5 Å². The van der Waals surface area contributed by atoms with Crippen LogP contribution in [0.3, 0.4) is 0 Å². The lowest BCUT2D eigenvalue weighted by molar-refractivity contribution is 0.126. The minimum absolute atomic E-state index is 0.440. The van der Waals surface area contributed by atoms with Crippen molar-refractivity contribution in [2.24, 2.45) is 5.92 Å². The number of ether oxygens (including phenoxy) is 1. The maximum atomic E-state index is 5.96. The van der Waals surface area contributed by atoms with Gasteiger partial charge in [0.1, 0.15) is 0 Å². The Morgan fingerprint density at radius 2 is 1.94 bits per heavy atom. The Bertz CT molecular complexity index is 385.